The van der Waals surface area contributed by atoms with Gasteiger partial charge in [0.15, 0.2) is 0 Å². The van der Waals surface area contributed by atoms with Crippen LogP contribution in [0.25, 0.3) is 11.0 Å². The second kappa shape index (κ2) is 5.52. The Kier molecular flexibility index (Phi) is 3.41. The lowest BCUT2D eigenvalue weighted by atomic mass is 10.1. The van der Waals surface area contributed by atoms with Crippen LogP contribution in [0.4, 0.5) is 0 Å². The van der Waals surface area contributed by atoms with E-state index in [4.69, 9.17) is 4.74 Å². The van der Waals surface area contributed by atoms with Crippen LogP contribution in [0.5, 0.6) is 5.75 Å². The number of para-hydroxylation sites is 1. The van der Waals surface area contributed by atoms with Crippen LogP contribution in [0.1, 0.15) is 15.9 Å². The van der Waals surface area contributed by atoms with E-state index in [2.05, 4.69) is 15.4 Å². The van der Waals surface area contributed by atoms with Gasteiger partial charge in [-0.1, -0.05) is 12.1 Å². The van der Waals surface area contributed by atoms with Crippen molar-refractivity contribution in [3.63, 3.8) is 0 Å². The third-order valence-electron chi connectivity index (χ3n) is 3.09. The van der Waals surface area contributed by atoms with Crippen LogP contribution in [0.2, 0.25) is 0 Å². The minimum absolute atomic E-state index is 0.548. The van der Waals surface area contributed by atoms with Crippen molar-refractivity contribution in [1.29, 1.82) is 0 Å². The van der Waals surface area contributed by atoms with Crippen LogP contribution in [0.3, 0.4) is 0 Å². The number of nitrogens with one attached hydrogen (secondary N) is 1. The molecule has 100 valence electrons. The third kappa shape index (κ3) is 2.51. The summed E-state index contributed by atoms with van der Waals surface area (Å²) in [5.74, 6) is 0.753. The first-order valence-electron chi connectivity index (χ1n) is 6.33. The Hall–Kier alpha value is -2.69. The van der Waals surface area contributed by atoms with Crippen molar-refractivity contribution in [2.45, 2.75) is 6.42 Å². The minimum atomic E-state index is 0.548. The quantitative estimate of drug-likeness (QED) is 0.721. The lowest BCUT2D eigenvalue weighted by Gasteiger charge is -2.06. The van der Waals surface area contributed by atoms with Crippen molar-refractivity contribution in [2.75, 3.05) is 6.61 Å². The number of ether oxygens (including phenoxy) is 1. The van der Waals surface area contributed by atoms with E-state index in [1.807, 2.05) is 18.2 Å². The Morgan fingerprint density at radius 3 is 2.75 bits per heavy atom. The molecule has 0 radical (unpaired) electrons. The zero-order valence-electron chi connectivity index (χ0n) is 10.7. The Labute approximate surface area is 115 Å². The summed E-state index contributed by atoms with van der Waals surface area (Å²) in [6.07, 6.45) is 1.56. The van der Waals surface area contributed by atoms with E-state index < -0.39 is 0 Å². The molecule has 0 saturated carbocycles. The highest BCUT2D eigenvalue weighted by atomic mass is 16.5. The highest BCUT2D eigenvalue weighted by Crippen LogP contribution is 2.15. The van der Waals surface area contributed by atoms with Crippen molar-refractivity contribution >= 4 is 17.3 Å². The predicted octanol–water partition coefficient (Wildman–Crippen LogP) is 2.39. The normalized spacial score (nSPS) is 10.6. The number of benzene rings is 2. The molecule has 0 bridgehead atoms. The first kappa shape index (κ1) is 12.3. The lowest BCUT2D eigenvalue weighted by molar-refractivity contribution is 0.112. The van der Waals surface area contributed by atoms with Gasteiger partial charge in [-0.15, -0.1) is 0 Å². The van der Waals surface area contributed by atoms with Gasteiger partial charge in [-0.25, -0.2) is 0 Å². The highest BCUT2D eigenvalue weighted by molar-refractivity contribution is 5.77. The van der Waals surface area contributed by atoms with E-state index in [0.29, 0.717) is 12.2 Å². The van der Waals surface area contributed by atoms with Gasteiger partial charge in [-0.2, -0.15) is 15.4 Å². The number of aldehydes is 1. The average molecular weight is 267 g/mol. The number of hydrogen-bond donors (Lipinski definition) is 1. The summed E-state index contributed by atoms with van der Waals surface area (Å²) in [4.78, 5) is 10.6. The average Bonchev–Trinajstić information content (AvgIpc) is 2.97. The second-order valence-corrected chi connectivity index (χ2v) is 4.39. The molecule has 0 aliphatic carbocycles. The molecule has 5 nitrogen and oxygen atoms in total. The molecule has 5 heteroatoms. The van der Waals surface area contributed by atoms with Crippen LogP contribution >= 0.6 is 0 Å². The summed E-state index contributed by atoms with van der Waals surface area (Å²) in [5.41, 5.74) is 3.48. The number of aromatic nitrogens is 3. The SMILES string of the molecule is O=Cc1ccc(OCCc2cccc3n[nH]nc23)cc1. The van der Waals surface area contributed by atoms with Gasteiger partial charge in [0.2, 0.25) is 0 Å². The predicted molar refractivity (Wildman–Crippen MR) is 74.9 cm³/mol. The van der Waals surface area contributed by atoms with Gasteiger partial charge >= 0.3 is 0 Å². The maximum Gasteiger partial charge on any atom is 0.150 e. The maximum atomic E-state index is 10.6. The van der Waals surface area contributed by atoms with Crippen molar-refractivity contribution in [3.8, 4) is 5.75 Å². The summed E-state index contributed by atoms with van der Waals surface area (Å²) in [5, 5.41) is 10.8. The van der Waals surface area contributed by atoms with Crippen molar-refractivity contribution in [2.24, 2.45) is 0 Å². The number of hydrogen-bond acceptors (Lipinski definition) is 4. The van der Waals surface area contributed by atoms with Gasteiger partial charge in [0.05, 0.1) is 6.61 Å². The Bertz CT molecular complexity index is 719. The monoisotopic (exact) mass is 267 g/mol. The molecule has 0 atom stereocenters. The van der Waals surface area contributed by atoms with E-state index in [9.17, 15) is 4.79 Å². The third-order valence-corrected chi connectivity index (χ3v) is 3.09. The minimum Gasteiger partial charge on any atom is -0.493 e. The van der Waals surface area contributed by atoms with Gasteiger partial charge in [0, 0.05) is 12.0 Å². The molecule has 20 heavy (non-hydrogen) atoms. The van der Waals surface area contributed by atoms with Gasteiger partial charge in [-0.3, -0.25) is 4.79 Å². The molecule has 3 aromatic rings. The molecule has 0 spiro atoms. The molecule has 1 heterocycles. The highest BCUT2D eigenvalue weighted by Gasteiger charge is 2.04. The van der Waals surface area contributed by atoms with Gasteiger partial charge in [-0.05, 0) is 35.9 Å². The summed E-state index contributed by atoms with van der Waals surface area (Å²) >= 11 is 0. The van der Waals surface area contributed by atoms with E-state index in [0.717, 1.165) is 35.1 Å². The molecular weight excluding hydrogens is 254 g/mol. The molecule has 2 aromatic carbocycles. The number of H-pyrrole nitrogens is 1. The molecule has 0 aliphatic rings. The first-order chi connectivity index (χ1) is 9.86. The summed E-state index contributed by atoms with van der Waals surface area (Å²) in [6.45, 7) is 0.548. The van der Waals surface area contributed by atoms with Crippen LogP contribution in [0, 0.1) is 0 Å². The van der Waals surface area contributed by atoms with Crippen LogP contribution in [-0.4, -0.2) is 28.3 Å². The number of carbonyl (C=O) groups is 1. The number of rotatable bonds is 5. The molecule has 0 fully saturated rings. The number of carbonyl (C=O) groups excluding carboxylic acids is 1. The Morgan fingerprint density at radius 2 is 1.95 bits per heavy atom. The zero-order valence-corrected chi connectivity index (χ0v) is 10.7. The summed E-state index contributed by atoms with van der Waals surface area (Å²) in [7, 11) is 0. The maximum absolute atomic E-state index is 10.6. The van der Waals surface area contributed by atoms with Gasteiger partial charge in [0.25, 0.3) is 0 Å². The Balaban J connectivity index is 1.64. The van der Waals surface area contributed by atoms with Gasteiger partial charge < -0.3 is 4.74 Å². The van der Waals surface area contributed by atoms with E-state index in [1.165, 1.54) is 0 Å². The van der Waals surface area contributed by atoms with Crippen LogP contribution in [0.15, 0.2) is 42.5 Å². The molecule has 0 saturated heterocycles. The fourth-order valence-corrected chi connectivity index (χ4v) is 2.05. The topological polar surface area (TPSA) is 67.9 Å². The molecule has 0 amide bonds. The largest absolute Gasteiger partial charge is 0.493 e. The molecular formula is C15H13N3O2. The smallest absolute Gasteiger partial charge is 0.150 e. The number of aromatic amines is 1. The van der Waals surface area contributed by atoms with Crippen molar-refractivity contribution in [3.05, 3.63) is 53.6 Å². The van der Waals surface area contributed by atoms with Crippen LogP contribution < -0.4 is 4.74 Å². The van der Waals surface area contributed by atoms with Crippen molar-refractivity contribution in [1.82, 2.24) is 15.4 Å². The van der Waals surface area contributed by atoms with Crippen molar-refractivity contribution < 1.29 is 9.53 Å². The zero-order chi connectivity index (χ0) is 13.8. The molecule has 3 rings (SSSR count). The van der Waals surface area contributed by atoms with E-state index in [1.54, 1.807) is 24.3 Å². The summed E-state index contributed by atoms with van der Waals surface area (Å²) < 4.78 is 5.66. The molecule has 0 unspecified atom stereocenters. The number of nitrogens with zero attached hydrogens (tertiary/aromatic N) is 2. The molecule has 1 N–H and O–H groups in total. The number of fused-ring (bicyclic) bond motifs is 1. The van der Waals surface area contributed by atoms with E-state index in [-0.39, 0.29) is 0 Å². The van der Waals surface area contributed by atoms with E-state index >= 15 is 0 Å². The van der Waals surface area contributed by atoms with Gasteiger partial charge in [0.1, 0.15) is 23.1 Å². The lowest BCUT2D eigenvalue weighted by Crippen LogP contribution is -2.02. The fourth-order valence-electron chi connectivity index (χ4n) is 2.05. The summed E-state index contributed by atoms with van der Waals surface area (Å²) in [6, 6.07) is 13.0. The fraction of sp³-hybridized carbons (Fsp3) is 0.133. The first-order valence-corrected chi connectivity index (χ1v) is 6.33. The molecule has 0 aliphatic heterocycles. The Morgan fingerprint density at radius 1 is 1.10 bits per heavy atom. The molecule has 1 aromatic heterocycles. The van der Waals surface area contributed by atoms with Crippen LogP contribution in [-0.2, 0) is 6.42 Å². The standard InChI is InChI=1S/C15H13N3O2/c19-10-11-4-6-13(7-5-11)20-9-8-12-2-1-3-14-15(12)17-18-16-14/h1-7,10H,8-9H2,(H,16,17,18). The second-order valence-electron chi connectivity index (χ2n) is 4.39.